The number of carboxylic acids is 1. The molecule has 3 N–H and O–H groups in total. The smallest absolute Gasteiger partial charge is 0.326 e. The van der Waals surface area contributed by atoms with Crippen molar-refractivity contribution < 1.29 is 19.8 Å². The van der Waals surface area contributed by atoms with E-state index < -0.39 is 12.0 Å². The van der Waals surface area contributed by atoms with E-state index in [1.54, 1.807) is 0 Å². The van der Waals surface area contributed by atoms with Gasteiger partial charge in [-0.2, -0.15) is 0 Å². The zero-order chi connectivity index (χ0) is 12.1. The van der Waals surface area contributed by atoms with Gasteiger partial charge >= 0.3 is 5.97 Å². The lowest BCUT2D eigenvalue weighted by atomic mass is 9.97. The average Bonchev–Trinajstić information content (AvgIpc) is 2.63. The summed E-state index contributed by atoms with van der Waals surface area (Å²) in [6, 6.07) is -0.967. The summed E-state index contributed by atoms with van der Waals surface area (Å²) < 4.78 is 0. The fourth-order valence-corrected chi connectivity index (χ4v) is 2.20. The van der Waals surface area contributed by atoms with E-state index in [4.69, 9.17) is 10.2 Å². The minimum atomic E-state index is -1.09. The lowest BCUT2D eigenvalue weighted by molar-refractivity contribution is -0.143. The summed E-state index contributed by atoms with van der Waals surface area (Å²) in [4.78, 5) is 22.6. The first kappa shape index (κ1) is 13.0. The quantitative estimate of drug-likeness (QED) is 0.636. The predicted molar refractivity (Wildman–Crippen MR) is 57.8 cm³/mol. The van der Waals surface area contributed by atoms with Gasteiger partial charge in [-0.15, -0.1) is 0 Å². The highest BCUT2D eigenvalue weighted by Crippen LogP contribution is 2.31. The molecule has 5 nitrogen and oxygen atoms in total. The van der Waals surface area contributed by atoms with Crippen LogP contribution >= 0.6 is 0 Å². The lowest BCUT2D eigenvalue weighted by Crippen LogP contribution is -2.44. The van der Waals surface area contributed by atoms with Crippen LogP contribution in [0.1, 0.15) is 32.6 Å². The number of nitrogens with one attached hydrogen (secondary N) is 1. The zero-order valence-corrected chi connectivity index (χ0v) is 9.48. The Morgan fingerprint density at radius 1 is 1.44 bits per heavy atom. The van der Waals surface area contributed by atoms with Crippen molar-refractivity contribution in [2.75, 3.05) is 6.61 Å². The fraction of sp³-hybridized carbons (Fsp3) is 0.818. The van der Waals surface area contributed by atoms with E-state index in [1.165, 1.54) is 0 Å². The summed E-state index contributed by atoms with van der Waals surface area (Å²) >= 11 is 0. The van der Waals surface area contributed by atoms with Gasteiger partial charge in [-0.1, -0.05) is 13.3 Å². The molecule has 5 heteroatoms. The second kappa shape index (κ2) is 5.84. The fourth-order valence-electron chi connectivity index (χ4n) is 2.20. The molecule has 0 saturated heterocycles. The molecule has 0 aromatic carbocycles. The van der Waals surface area contributed by atoms with Gasteiger partial charge in [0.05, 0.1) is 0 Å². The van der Waals surface area contributed by atoms with Gasteiger partial charge < -0.3 is 15.5 Å². The van der Waals surface area contributed by atoms with Crippen LogP contribution in [0.25, 0.3) is 0 Å². The largest absolute Gasteiger partial charge is 0.480 e. The third kappa shape index (κ3) is 3.20. The van der Waals surface area contributed by atoms with Gasteiger partial charge in [-0.25, -0.2) is 4.79 Å². The molecule has 0 aromatic heterocycles. The van der Waals surface area contributed by atoms with E-state index in [1.807, 2.05) is 6.92 Å². The van der Waals surface area contributed by atoms with Crippen LogP contribution in [0, 0.1) is 11.8 Å². The number of hydrogen-bond acceptors (Lipinski definition) is 3. The Morgan fingerprint density at radius 3 is 2.56 bits per heavy atom. The molecule has 0 bridgehead atoms. The SMILES string of the molecule is CC1CCCC1C(=O)N[C@@H](CCO)C(=O)O. The molecule has 2 unspecified atom stereocenters. The van der Waals surface area contributed by atoms with E-state index in [9.17, 15) is 9.59 Å². The molecule has 1 aliphatic carbocycles. The number of hydrogen-bond donors (Lipinski definition) is 3. The van der Waals surface area contributed by atoms with Crippen molar-refractivity contribution in [1.82, 2.24) is 5.32 Å². The molecular weight excluding hydrogens is 210 g/mol. The number of aliphatic carboxylic acids is 1. The number of aliphatic hydroxyl groups excluding tert-OH is 1. The van der Waals surface area contributed by atoms with Crippen molar-refractivity contribution in [2.45, 2.75) is 38.6 Å². The van der Waals surface area contributed by atoms with E-state index in [0.717, 1.165) is 19.3 Å². The molecule has 0 aromatic rings. The Kier molecular flexibility index (Phi) is 4.73. The first-order valence-electron chi connectivity index (χ1n) is 5.70. The summed E-state index contributed by atoms with van der Waals surface area (Å²) in [5.41, 5.74) is 0. The molecule has 0 spiro atoms. The van der Waals surface area contributed by atoms with Crippen LogP contribution in [0.4, 0.5) is 0 Å². The van der Waals surface area contributed by atoms with Crippen molar-refractivity contribution in [2.24, 2.45) is 11.8 Å². The van der Waals surface area contributed by atoms with Crippen LogP contribution in [0.2, 0.25) is 0 Å². The van der Waals surface area contributed by atoms with E-state index in [-0.39, 0.29) is 24.9 Å². The van der Waals surface area contributed by atoms with Gasteiger partial charge in [0.2, 0.25) is 5.91 Å². The molecule has 1 aliphatic rings. The number of carboxylic acid groups (broad SMARTS) is 1. The molecule has 3 atom stereocenters. The van der Waals surface area contributed by atoms with Crippen molar-refractivity contribution >= 4 is 11.9 Å². The number of carbonyl (C=O) groups excluding carboxylic acids is 1. The second-order valence-electron chi connectivity index (χ2n) is 4.43. The van der Waals surface area contributed by atoms with Crippen molar-refractivity contribution in [3.05, 3.63) is 0 Å². The summed E-state index contributed by atoms with van der Waals surface area (Å²) in [5.74, 6) is -1.02. The molecule has 0 radical (unpaired) electrons. The van der Waals surface area contributed by atoms with Crippen molar-refractivity contribution in [3.8, 4) is 0 Å². The Morgan fingerprint density at radius 2 is 2.12 bits per heavy atom. The van der Waals surface area contributed by atoms with Crippen LogP contribution in [0.5, 0.6) is 0 Å². The standard InChI is InChI=1S/C11H19NO4/c1-7-3-2-4-8(7)10(14)12-9(5-6-13)11(15)16/h7-9,13H,2-6H2,1H3,(H,12,14)(H,15,16)/t7?,8?,9-/m0/s1. The minimum Gasteiger partial charge on any atom is -0.480 e. The van der Waals surface area contributed by atoms with Crippen molar-refractivity contribution in [1.29, 1.82) is 0 Å². The first-order valence-corrected chi connectivity index (χ1v) is 5.70. The number of carbonyl (C=O) groups is 2. The summed E-state index contributed by atoms with van der Waals surface area (Å²) in [6.45, 7) is 1.77. The summed E-state index contributed by atoms with van der Waals surface area (Å²) in [5, 5.41) is 20.0. The van der Waals surface area contributed by atoms with Gasteiger partial charge in [0.15, 0.2) is 0 Å². The van der Waals surface area contributed by atoms with Gasteiger partial charge in [0.1, 0.15) is 6.04 Å². The maximum Gasteiger partial charge on any atom is 0.326 e. The van der Waals surface area contributed by atoms with Gasteiger partial charge in [0.25, 0.3) is 0 Å². The number of rotatable bonds is 5. The maximum absolute atomic E-state index is 11.8. The van der Waals surface area contributed by atoms with E-state index in [2.05, 4.69) is 5.32 Å². The normalized spacial score (nSPS) is 26.4. The highest BCUT2D eigenvalue weighted by atomic mass is 16.4. The van der Waals surface area contributed by atoms with E-state index >= 15 is 0 Å². The molecule has 1 saturated carbocycles. The maximum atomic E-state index is 11.8. The van der Waals surface area contributed by atoms with Crippen LogP contribution in [-0.4, -0.2) is 34.7 Å². The van der Waals surface area contributed by atoms with Gasteiger partial charge in [-0.05, 0) is 18.8 Å². The Bertz CT molecular complexity index is 267. The summed E-state index contributed by atoms with van der Waals surface area (Å²) in [6.07, 6.45) is 2.94. The van der Waals surface area contributed by atoms with Gasteiger partial charge in [-0.3, -0.25) is 4.79 Å². The Hall–Kier alpha value is -1.10. The van der Waals surface area contributed by atoms with Crippen molar-refractivity contribution in [3.63, 3.8) is 0 Å². The molecule has 1 rings (SSSR count). The molecule has 1 fully saturated rings. The predicted octanol–water partition coefficient (Wildman–Crippen LogP) is 0.374. The molecule has 0 heterocycles. The van der Waals surface area contributed by atoms with Crippen LogP contribution < -0.4 is 5.32 Å². The molecule has 16 heavy (non-hydrogen) atoms. The van der Waals surface area contributed by atoms with Crippen LogP contribution in [0.3, 0.4) is 0 Å². The Balaban J connectivity index is 2.50. The summed E-state index contributed by atoms with van der Waals surface area (Å²) in [7, 11) is 0. The third-order valence-electron chi connectivity index (χ3n) is 3.23. The average molecular weight is 229 g/mol. The molecule has 1 amide bonds. The number of aliphatic hydroxyl groups is 1. The third-order valence-corrected chi connectivity index (χ3v) is 3.23. The number of amides is 1. The Labute approximate surface area is 94.8 Å². The monoisotopic (exact) mass is 229 g/mol. The second-order valence-corrected chi connectivity index (χ2v) is 4.43. The molecule has 92 valence electrons. The molecular formula is C11H19NO4. The van der Waals surface area contributed by atoms with Crippen LogP contribution in [0.15, 0.2) is 0 Å². The zero-order valence-electron chi connectivity index (χ0n) is 9.48. The minimum absolute atomic E-state index is 0.0577. The topological polar surface area (TPSA) is 86.6 Å². The highest BCUT2D eigenvalue weighted by molar-refractivity contribution is 5.85. The van der Waals surface area contributed by atoms with Gasteiger partial charge in [0, 0.05) is 18.9 Å². The van der Waals surface area contributed by atoms with E-state index in [0.29, 0.717) is 5.92 Å². The van der Waals surface area contributed by atoms with Crippen LogP contribution in [-0.2, 0) is 9.59 Å². The highest BCUT2D eigenvalue weighted by Gasteiger charge is 2.31. The first-order chi connectivity index (χ1) is 7.56. The molecule has 0 aliphatic heterocycles. The lowest BCUT2D eigenvalue weighted by Gasteiger charge is -2.19.